The second-order valence-electron chi connectivity index (χ2n) is 4.00. The molecule has 0 heterocycles. The fourth-order valence-corrected chi connectivity index (χ4v) is 1.70. The lowest BCUT2D eigenvalue weighted by Gasteiger charge is -2.15. The fourth-order valence-electron chi connectivity index (χ4n) is 1.70. The summed E-state index contributed by atoms with van der Waals surface area (Å²) in [6.07, 6.45) is -1.21. The number of hydrogen-bond donors (Lipinski definition) is 1. The molecule has 0 spiro atoms. The minimum atomic E-state index is -1.21. The summed E-state index contributed by atoms with van der Waals surface area (Å²) in [7, 11) is 0. The van der Waals surface area contributed by atoms with Gasteiger partial charge >= 0.3 is 5.97 Å². The minimum Gasteiger partial charge on any atom is -0.478 e. The van der Waals surface area contributed by atoms with E-state index < -0.39 is 17.0 Å². The highest BCUT2D eigenvalue weighted by Gasteiger charge is 2.22. The largest absolute Gasteiger partial charge is 0.478 e. The van der Waals surface area contributed by atoms with Crippen molar-refractivity contribution in [3.8, 4) is 5.75 Å². The highest BCUT2D eigenvalue weighted by molar-refractivity contribution is 5.74. The van der Waals surface area contributed by atoms with E-state index in [1.165, 1.54) is 24.3 Å². The summed E-state index contributed by atoms with van der Waals surface area (Å²) in [6.45, 7) is 0. The Bertz CT molecular complexity index is 626. The Morgan fingerprint density at radius 2 is 1.85 bits per heavy atom. The molecule has 0 aliphatic carbocycles. The lowest BCUT2D eigenvalue weighted by molar-refractivity contribution is -0.385. The second kappa shape index (κ2) is 5.83. The predicted octanol–water partition coefficient (Wildman–Crippen LogP) is 2.80. The van der Waals surface area contributed by atoms with Crippen molar-refractivity contribution in [3.05, 3.63) is 70.3 Å². The summed E-state index contributed by atoms with van der Waals surface area (Å²) in [5.41, 5.74) is 0.311. The highest BCUT2D eigenvalue weighted by atomic mass is 16.6. The van der Waals surface area contributed by atoms with Gasteiger partial charge in [-0.25, -0.2) is 4.79 Å². The van der Waals surface area contributed by atoms with E-state index in [0.29, 0.717) is 5.56 Å². The molecule has 2 aromatic rings. The molecule has 20 heavy (non-hydrogen) atoms. The molecule has 0 amide bonds. The maximum Gasteiger partial charge on any atom is 0.349 e. The SMILES string of the molecule is O=C(O)[C@@H](Oc1cccc([N+](=O)[O-])c1)c1ccccc1. The van der Waals surface area contributed by atoms with Gasteiger partial charge in [-0.1, -0.05) is 36.4 Å². The van der Waals surface area contributed by atoms with Crippen LogP contribution in [0.2, 0.25) is 0 Å². The van der Waals surface area contributed by atoms with Gasteiger partial charge in [-0.15, -0.1) is 0 Å². The Kier molecular flexibility index (Phi) is 3.95. The van der Waals surface area contributed by atoms with Crippen LogP contribution < -0.4 is 4.74 Å². The Hall–Kier alpha value is -2.89. The van der Waals surface area contributed by atoms with Gasteiger partial charge in [-0.3, -0.25) is 10.1 Å². The average molecular weight is 273 g/mol. The van der Waals surface area contributed by atoms with Crippen molar-refractivity contribution in [1.29, 1.82) is 0 Å². The molecule has 1 atom stereocenters. The quantitative estimate of drug-likeness (QED) is 0.668. The van der Waals surface area contributed by atoms with Crippen molar-refractivity contribution in [3.63, 3.8) is 0 Å². The number of non-ortho nitro benzene ring substituents is 1. The van der Waals surface area contributed by atoms with Crippen molar-refractivity contribution in [2.45, 2.75) is 6.10 Å². The molecule has 6 nitrogen and oxygen atoms in total. The van der Waals surface area contributed by atoms with Gasteiger partial charge in [0.15, 0.2) is 0 Å². The smallest absolute Gasteiger partial charge is 0.349 e. The van der Waals surface area contributed by atoms with Crippen LogP contribution in [0.3, 0.4) is 0 Å². The zero-order chi connectivity index (χ0) is 14.5. The Labute approximate surface area is 114 Å². The van der Waals surface area contributed by atoms with Crippen LogP contribution in [-0.4, -0.2) is 16.0 Å². The van der Waals surface area contributed by atoms with Gasteiger partial charge in [0.2, 0.25) is 6.10 Å². The van der Waals surface area contributed by atoms with E-state index in [0.717, 1.165) is 0 Å². The molecule has 0 aliphatic heterocycles. The van der Waals surface area contributed by atoms with Crippen molar-refractivity contribution < 1.29 is 19.6 Å². The summed E-state index contributed by atoms with van der Waals surface area (Å²) in [5, 5.41) is 19.9. The number of carbonyl (C=O) groups is 1. The minimum absolute atomic E-state index is 0.135. The van der Waals surface area contributed by atoms with Gasteiger partial charge in [0, 0.05) is 11.6 Å². The van der Waals surface area contributed by atoms with Crippen LogP contribution in [0.4, 0.5) is 5.69 Å². The number of nitro groups is 1. The first-order valence-electron chi connectivity index (χ1n) is 5.77. The third-order valence-corrected chi connectivity index (χ3v) is 2.61. The molecule has 6 heteroatoms. The van der Waals surface area contributed by atoms with Crippen molar-refractivity contribution in [1.82, 2.24) is 0 Å². The third-order valence-electron chi connectivity index (χ3n) is 2.61. The Morgan fingerprint density at radius 3 is 2.45 bits per heavy atom. The Balaban J connectivity index is 2.27. The predicted molar refractivity (Wildman–Crippen MR) is 70.5 cm³/mol. The van der Waals surface area contributed by atoms with Crippen molar-refractivity contribution >= 4 is 11.7 Å². The number of carboxylic acids is 1. The molecule has 2 aromatic carbocycles. The summed E-state index contributed by atoms with van der Waals surface area (Å²) in [6, 6.07) is 13.8. The van der Waals surface area contributed by atoms with Crippen molar-refractivity contribution in [2.24, 2.45) is 0 Å². The topological polar surface area (TPSA) is 89.7 Å². The van der Waals surface area contributed by atoms with E-state index in [9.17, 15) is 20.0 Å². The normalized spacial score (nSPS) is 11.6. The van der Waals surface area contributed by atoms with Gasteiger partial charge in [-0.05, 0) is 6.07 Å². The zero-order valence-electron chi connectivity index (χ0n) is 10.3. The highest BCUT2D eigenvalue weighted by Crippen LogP contribution is 2.25. The van der Waals surface area contributed by atoms with Crippen LogP contribution in [0.25, 0.3) is 0 Å². The molecular weight excluding hydrogens is 262 g/mol. The van der Waals surface area contributed by atoms with Crippen LogP contribution in [-0.2, 0) is 4.79 Å². The number of ether oxygens (including phenoxy) is 1. The number of nitrogens with zero attached hydrogens (tertiary/aromatic N) is 1. The van der Waals surface area contributed by atoms with E-state index in [1.54, 1.807) is 30.3 Å². The van der Waals surface area contributed by atoms with Crippen LogP contribution in [0.5, 0.6) is 5.75 Å². The van der Waals surface area contributed by atoms with Gasteiger partial charge in [0.05, 0.1) is 11.0 Å². The molecule has 2 rings (SSSR count). The molecule has 1 N–H and O–H groups in total. The molecule has 0 fully saturated rings. The number of hydrogen-bond acceptors (Lipinski definition) is 4. The van der Waals surface area contributed by atoms with Gasteiger partial charge < -0.3 is 9.84 Å². The van der Waals surface area contributed by atoms with Gasteiger partial charge in [0.25, 0.3) is 5.69 Å². The van der Waals surface area contributed by atoms with E-state index in [-0.39, 0.29) is 11.4 Å². The molecule has 0 radical (unpaired) electrons. The van der Waals surface area contributed by atoms with Crippen LogP contribution in [0.15, 0.2) is 54.6 Å². The maximum absolute atomic E-state index is 11.3. The van der Waals surface area contributed by atoms with Gasteiger partial charge in [-0.2, -0.15) is 0 Å². The summed E-state index contributed by atoms with van der Waals surface area (Å²) < 4.78 is 5.35. The number of benzene rings is 2. The molecule has 0 bridgehead atoms. The standard InChI is InChI=1S/C14H11NO5/c16-14(17)13(10-5-2-1-3-6-10)20-12-8-4-7-11(9-12)15(18)19/h1-9,13H,(H,16,17)/t13-/m0/s1. The van der Waals surface area contributed by atoms with Crippen LogP contribution in [0.1, 0.15) is 11.7 Å². The number of carboxylic acid groups (broad SMARTS) is 1. The summed E-state index contributed by atoms with van der Waals surface area (Å²) in [5.74, 6) is -1.03. The first-order chi connectivity index (χ1) is 9.58. The number of aliphatic carboxylic acids is 1. The van der Waals surface area contributed by atoms with E-state index in [2.05, 4.69) is 0 Å². The summed E-state index contributed by atoms with van der Waals surface area (Å²) >= 11 is 0. The van der Waals surface area contributed by atoms with E-state index in [1.807, 2.05) is 0 Å². The van der Waals surface area contributed by atoms with Crippen LogP contribution in [0, 0.1) is 10.1 Å². The van der Waals surface area contributed by atoms with Crippen LogP contribution >= 0.6 is 0 Å². The monoisotopic (exact) mass is 273 g/mol. The second-order valence-corrected chi connectivity index (χ2v) is 4.00. The lowest BCUT2D eigenvalue weighted by atomic mass is 10.1. The molecule has 0 saturated heterocycles. The third kappa shape index (κ3) is 3.11. The fraction of sp³-hybridized carbons (Fsp3) is 0.0714. The first-order valence-corrected chi connectivity index (χ1v) is 5.77. The lowest BCUT2D eigenvalue weighted by Crippen LogP contribution is -2.18. The average Bonchev–Trinajstić information content (AvgIpc) is 2.45. The Morgan fingerprint density at radius 1 is 1.15 bits per heavy atom. The maximum atomic E-state index is 11.3. The molecule has 102 valence electrons. The number of rotatable bonds is 5. The van der Waals surface area contributed by atoms with Gasteiger partial charge in [0.1, 0.15) is 5.75 Å². The summed E-state index contributed by atoms with van der Waals surface area (Å²) in [4.78, 5) is 21.4. The first kappa shape index (κ1) is 13.5. The van der Waals surface area contributed by atoms with E-state index in [4.69, 9.17) is 4.74 Å². The molecule has 0 unspecified atom stereocenters. The molecular formula is C14H11NO5. The molecule has 0 saturated carbocycles. The zero-order valence-corrected chi connectivity index (χ0v) is 10.3. The molecule has 0 aromatic heterocycles. The number of nitro benzene ring substituents is 1. The van der Waals surface area contributed by atoms with Crippen molar-refractivity contribution in [2.75, 3.05) is 0 Å². The van der Waals surface area contributed by atoms with E-state index >= 15 is 0 Å². The molecule has 0 aliphatic rings.